The fourth-order valence-corrected chi connectivity index (χ4v) is 14.8. The van der Waals surface area contributed by atoms with Crippen LogP contribution in [0.3, 0.4) is 0 Å². The number of aliphatic hydroxyl groups is 1. The Morgan fingerprint density at radius 3 is 0.952 bits per heavy atom. The molecule has 0 spiro atoms. The summed E-state index contributed by atoms with van der Waals surface area (Å²) in [6, 6.07) is 34.6. The number of hydrogen-bond acceptors (Lipinski definition) is 20. The molecule has 0 bridgehead atoms. The summed E-state index contributed by atoms with van der Waals surface area (Å²) in [5, 5.41) is 33.7. The van der Waals surface area contributed by atoms with Gasteiger partial charge in [0.1, 0.15) is 47.8 Å². The standard InChI is InChI=1S/C22H23FN4O3.2C22H21FN4O3.C21H18FN5O2.CH3.B.BrH.Mg.Na.H/c3*1-12-7-21(29)26-18-4-3-15(8-16(12)18)25-22(30)17-9-19(13(2)28)24-10-20(17)27-6-5-14(23)11-27;1-12-6-20(28)26-18-3-2-14(7-16(12)18)25-21(29)17-8-15(9-23)24-10-19(17)27-5-4-13(22)11-27;;;;;;/h3-4,7-10,13-14,28H,5-6,11H2,1-2H3,(H,25,30)(H,26,29);2*3-4,7-10,14H,5-6,11H2,1-2H3,(H,25,30)(H,26,29);2-3,6-8,10,13H,4-5,11H2,1H3,(H,25,29)(H,26,28);1H3;;1H;;;/q;;;;-1;;;+2;+1;-1/p-1. The van der Waals surface area contributed by atoms with E-state index in [2.05, 4.69) is 61.1 Å². The summed E-state index contributed by atoms with van der Waals surface area (Å²) in [4.78, 5) is 157. The number of carbonyl (C=O) groups excluding carboxylic acids is 6. The third-order valence-corrected chi connectivity index (χ3v) is 20.9. The van der Waals surface area contributed by atoms with Crippen LogP contribution in [-0.4, -0.2) is 189 Å². The Labute approximate surface area is 761 Å². The summed E-state index contributed by atoms with van der Waals surface area (Å²) in [6.45, 7) is 14.3. The van der Waals surface area contributed by atoms with E-state index >= 15 is 0 Å². The number of nitriles is 1. The molecule has 0 aliphatic carbocycles. The molecular formula is C88H87BBrF4MgN17NaO11. The van der Waals surface area contributed by atoms with Crippen LogP contribution in [0, 0.1) is 46.5 Å². The van der Waals surface area contributed by atoms with Crippen LogP contribution in [0.4, 0.5) is 63.1 Å². The van der Waals surface area contributed by atoms with Gasteiger partial charge in [0.05, 0.1) is 81.6 Å². The molecule has 16 rings (SSSR count). The molecule has 631 valence electrons. The molecule has 4 aromatic carbocycles. The maximum absolute atomic E-state index is 13.7. The number of aromatic nitrogens is 8. The molecule has 8 aromatic heterocycles. The number of aliphatic hydroxyl groups excluding tert-OH is 1. The van der Waals surface area contributed by atoms with Gasteiger partial charge in [-0.3, -0.25) is 62.9 Å². The van der Waals surface area contributed by atoms with E-state index in [1.807, 2.05) is 33.8 Å². The van der Waals surface area contributed by atoms with Crippen molar-refractivity contribution < 1.29 is 99.4 Å². The Balaban J connectivity index is 0.000000225. The molecule has 4 amide bonds. The Hall–Kier alpha value is -11.8. The van der Waals surface area contributed by atoms with Gasteiger partial charge in [0.2, 0.25) is 22.2 Å². The van der Waals surface area contributed by atoms with Crippen molar-refractivity contribution in [2.45, 2.75) is 105 Å². The van der Waals surface area contributed by atoms with Crippen LogP contribution < -0.4 is 110 Å². The van der Waals surface area contributed by atoms with E-state index in [9.17, 15) is 70.6 Å². The van der Waals surface area contributed by atoms with E-state index in [0.717, 1.165) is 43.8 Å². The van der Waals surface area contributed by atoms with Crippen LogP contribution >= 0.6 is 0 Å². The fourth-order valence-electron chi connectivity index (χ4n) is 14.8. The first-order valence-electron chi connectivity index (χ1n) is 38.4. The Kier molecular flexibility index (Phi) is 33.5. The molecule has 5 unspecified atom stereocenters. The number of aromatic amines is 4. The molecule has 12 heterocycles. The van der Waals surface area contributed by atoms with E-state index in [1.165, 1.54) is 81.1 Å². The van der Waals surface area contributed by atoms with Crippen molar-refractivity contribution in [1.82, 2.24) is 39.9 Å². The number of alkyl halides is 4. The summed E-state index contributed by atoms with van der Waals surface area (Å²) in [7, 11) is 0. The predicted molar refractivity (Wildman–Crippen MR) is 467 cm³/mol. The number of fused-ring (bicyclic) bond motifs is 4. The molecule has 124 heavy (non-hydrogen) atoms. The van der Waals surface area contributed by atoms with Gasteiger partial charge >= 0.3 is 52.6 Å². The summed E-state index contributed by atoms with van der Waals surface area (Å²) < 4.78 is 54.8. The molecule has 3 radical (unpaired) electrons. The van der Waals surface area contributed by atoms with Gasteiger partial charge in [-0.1, -0.05) is 0 Å². The number of anilines is 8. The maximum atomic E-state index is 13.7. The first kappa shape index (κ1) is 97.7. The number of Topliss-reactive ketones (excluding diaryl/α,β-unsaturated/α-hetero) is 2. The zero-order valence-corrected chi connectivity index (χ0v) is 74.5. The topological polar surface area (TPSA) is 391 Å². The third kappa shape index (κ3) is 23.2. The average molecular weight is 1770 g/mol. The van der Waals surface area contributed by atoms with Crippen molar-refractivity contribution >= 4 is 156 Å². The summed E-state index contributed by atoms with van der Waals surface area (Å²) in [5.74, 6) is -2.14. The van der Waals surface area contributed by atoms with Crippen LogP contribution in [-0.2, 0) is 0 Å². The zero-order chi connectivity index (χ0) is 84.8. The smallest absolute Gasteiger partial charge is 1.00 e. The van der Waals surface area contributed by atoms with Gasteiger partial charge < -0.3 is 91.7 Å². The van der Waals surface area contributed by atoms with Gasteiger partial charge in [0, 0.05) is 165 Å². The number of ketones is 2. The first-order chi connectivity index (χ1) is 56.9. The van der Waals surface area contributed by atoms with E-state index < -0.39 is 48.5 Å². The van der Waals surface area contributed by atoms with Crippen LogP contribution in [0.1, 0.15) is 150 Å². The molecule has 4 aliphatic rings. The zero-order valence-electron chi connectivity index (χ0n) is 70.5. The van der Waals surface area contributed by atoms with Crippen molar-refractivity contribution in [3.63, 3.8) is 0 Å². The number of amides is 4. The largest absolute Gasteiger partial charge is 2.00 e. The molecule has 4 saturated heterocycles. The van der Waals surface area contributed by atoms with Crippen molar-refractivity contribution in [2.24, 2.45) is 0 Å². The average Bonchev–Trinajstić information content (AvgIpc) is 1.44. The van der Waals surface area contributed by atoms with Gasteiger partial charge in [-0.25, -0.2) is 22.5 Å². The minimum atomic E-state index is -0.959. The molecule has 4 aliphatic heterocycles. The molecule has 12 aromatic rings. The van der Waals surface area contributed by atoms with Gasteiger partial charge in [-0.2, -0.15) is 5.26 Å². The van der Waals surface area contributed by atoms with E-state index in [0.29, 0.717) is 131 Å². The van der Waals surface area contributed by atoms with Crippen molar-refractivity contribution in [3.8, 4) is 6.07 Å². The van der Waals surface area contributed by atoms with Gasteiger partial charge in [-0.05, 0) is 180 Å². The second-order valence-electron chi connectivity index (χ2n) is 29.7. The molecule has 9 N–H and O–H groups in total. The third-order valence-electron chi connectivity index (χ3n) is 20.9. The minimum Gasteiger partial charge on any atom is -1.00 e. The fraction of sp³-hybridized carbons (Fsp3) is 0.273. The molecule has 4 fully saturated rings. The number of halogens is 5. The maximum Gasteiger partial charge on any atom is 2.00 e. The second-order valence-corrected chi connectivity index (χ2v) is 29.7. The summed E-state index contributed by atoms with van der Waals surface area (Å²) in [6.07, 6.45) is 2.80. The van der Waals surface area contributed by atoms with E-state index in [-0.39, 0.29) is 187 Å². The Morgan fingerprint density at radius 2 is 0.702 bits per heavy atom. The van der Waals surface area contributed by atoms with Crippen LogP contribution in [0.5, 0.6) is 0 Å². The second kappa shape index (κ2) is 42.5. The predicted octanol–water partition coefficient (Wildman–Crippen LogP) is 6.27. The summed E-state index contributed by atoms with van der Waals surface area (Å²) >= 11 is 0. The molecular weight excluding hydrogens is 1690 g/mol. The number of hydrogen-bond donors (Lipinski definition) is 9. The molecule has 5 atom stereocenters. The van der Waals surface area contributed by atoms with Gasteiger partial charge in [0.15, 0.2) is 11.6 Å². The number of pyridine rings is 8. The minimum absolute atomic E-state index is 0. The van der Waals surface area contributed by atoms with E-state index in [4.69, 9.17) is 5.26 Å². The van der Waals surface area contributed by atoms with Crippen LogP contribution in [0.25, 0.3) is 43.6 Å². The van der Waals surface area contributed by atoms with Crippen molar-refractivity contribution in [3.05, 3.63) is 262 Å². The molecule has 28 nitrogen and oxygen atoms in total. The van der Waals surface area contributed by atoms with Gasteiger partial charge in [0.25, 0.3) is 23.6 Å². The number of rotatable bonds is 15. The number of aryl methyl sites for hydroxylation is 4. The van der Waals surface area contributed by atoms with Crippen molar-refractivity contribution in [2.75, 3.05) is 93.2 Å². The van der Waals surface area contributed by atoms with E-state index in [1.54, 1.807) is 105 Å². The number of nitrogens with one attached hydrogen (secondary N) is 8. The van der Waals surface area contributed by atoms with Gasteiger partial charge in [-0.15, -0.1) is 0 Å². The van der Waals surface area contributed by atoms with Crippen LogP contribution in [0.2, 0.25) is 0 Å². The number of benzene rings is 4. The molecule has 36 heteroatoms. The SMILES string of the molecule is CC(=O)c1cc(C(=O)Nc2ccc3[nH]c(=O)cc(C)c3c2)c(N2CCC(F)C2)cn1.CC(=O)c1cc(C(=O)Nc2ccc3[nH]c(=O)cc(C)c3c2)c(N2CCC(F)C2)cn1.Cc1cc(=O)[nH]c2ccc(NC(=O)c3cc(C#N)ncc3N3CCC(F)C3)cc12.Cc1cc(=O)[nH]c2ccc(NC(=O)c3cc(C(C)O)ncc3N3CCC(F)C3)cc12.[B].[Br-].[CH3-].[H-].[Mg+2].[Na+]. The number of nitrogens with zero attached hydrogens (tertiary/aromatic N) is 9. The number of carbonyl (C=O) groups is 6. The molecule has 0 saturated carbocycles. The van der Waals surface area contributed by atoms with Crippen molar-refractivity contribution in [1.29, 1.82) is 5.26 Å². The monoisotopic (exact) mass is 1770 g/mol. The normalized spacial score (nSPS) is 15.7. The Morgan fingerprint density at radius 1 is 0.444 bits per heavy atom. The summed E-state index contributed by atoms with van der Waals surface area (Å²) in [5.41, 5.74) is 11.3. The first-order valence-corrected chi connectivity index (χ1v) is 38.4. The van der Waals surface area contributed by atoms with Crippen LogP contribution in [0.15, 0.2) is 165 Å². The quantitative estimate of drug-likeness (QED) is 0.0236. The number of H-pyrrole nitrogens is 4. The Bertz CT molecular complexity index is 6200.